The molecule has 0 radical (unpaired) electrons. The standard InChI is InChI=1S/C11H16BrNO3/c1-4-14-8-7-9(15-5-2)11(16-6-3)13-10(8)12/h7H,4-6H2,1-3H3. The van der Waals surface area contributed by atoms with Crippen molar-refractivity contribution in [2.45, 2.75) is 20.8 Å². The van der Waals surface area contributed by atoms with E-state index in [4.69, 9.17) is 14.2 Å². The van der Waals surface area contributed by atoms with E-state index in [0.717, 1.165) is 0 Å². The number of hydrogen-bond donors (Lipinski definition) is 0. The van der Waals surface area contributed by atoms with E-state index >= 15 is 0 Å². The number of halogens is 1. The van der Waals surface area contributed by atoms with Crippen LogP contribution in [0, 0.1) is 0 Å². The fraction of sp³-hybridized carbons (Fsp3) is 0.545. The maximum atomic E-state index is 5.44. The molecule has 0 atom stereocenters. The third-order valence-corrected chi connectivity index (χ3v) is 2.32. The van der Waals surface area contributed by atoms with Crippen LogP contribution in [0.1, 0.15) is 20.8 Å². The van der Waals surface area contributed by atoms with E-state index in [-0.39, 0.29) is 0 Å². The zero-order chi connectivity index (χ0) is 12.0. The molecule has 0 saturated heterocycles. The SMILES string of the molecule is CCOc1cc(OCC)c(OCC)nc1Br. The van der Waals surface area contributed by atoms with E-state index in [0.29, 0.717) is 41.8 Å². The molecule has 0 bridgehead atoms. The Hall–Kier alpha value is -0.970. The summed E-state index contributed by atoms with van der Waals surface area (Å²) in [6.45, 7) is 7.44. The van der Waals surface area contributed by atoms with Gasteiger partial charge in [-0.05, 0) is 36.7 Å². The van der Waals surface area contributed by atoms with Crippen LogP contribution in [-0.4, -0.2) is 24.8 Å². The molecule has 90 valence electrons. The Balaban J connectivity index is 3.03. The number of ether oxygens (including phenoxy) is 3. The maximum absolute atomic E-state index is 5.44. The van der Waals surface area contributed by atoms with Crippen molar-refractivity contribution in [1.29, 1.82) is 0 Å². The van der Waals surface area contributed by atoms with Crippen molar-refractivity contribution < 1.29 is 14.2 Å². The number of rotatable bonds is 6. The summed E-state index contributed by atoms with van der Waals surface area (Å²) in [5.41, 5.74) is 0. The van der Waals surface area contributed by atoms with Crippen LogP contribution in [-0.2, 0) is 0 Å². The zero-order valence-corrected chi connectivity index (χ0v) is 11.3. The quantitative estimate of drug-likeness (QED) is 0.755. The minimum Gasteiger partial charge on any atom is -0.491 e. The Bertz CT molecular complexity index is 344. The van der Waals surface area contributed by atoms with Crippen LogP contribution in [0.2, 0.25) is 0 Å². The highest BCUT2D eigenvalue weighted by molar-refractivity contribution is 9.10. The molecule has 0 aliphatic carbocycles. The Morgan fingerprint density at radius 3 is 2.12 bits per heavy atom. The lowest BCUT2D eigenvalue weighted by atomic mass is 10.4. The van der Waals surface area contributed by atoms with Gasteiger partial charge in [-0.1, -0.05) is 0 Å². The second kappa shape index (κ2) is 6.58. The van der Waals surface area contributed by atoms with E-state index in [1.807, 2.05) is 20.8 Å². The van der Waals surface area contributed by atoms with Gasteiger partial charge in [0.25, 0.3) is 5.88 Å². The van der Waals surface area contributed by atoms with Gasteiger partial charge in [0.2, 0.25) is 0 Å². The smallest absolute Gasteiger partial charge is 0.258 e. The number of hydrogen-bond acceptors (Lipinski definition) is 4. The highest BCUT2D eigenvalue weighted by atomic mass is 79.9. The summed E-state index contributed by atoms with van der Waals surface area (Å²) in [4.78, 5) is 4.24. The lowest BCUT2D eigenvalue weighted by Gasteiger charge is -2.12. The maximum Gasteiger partial charge on any atom is 0.258 e. The molecule has 5 heteroatoms. The van der Waals surface area contributed by atoms with Gasteiger partial charge < -0.3 is 14.2 Å². The van der Waals surface area contributed by atoms with Crippen LogP contribution in [0.5, 0.6) is 17.4 Å². The van der Waals surface area contributed by atoms with Crippen molar-refractivity contribution in [3.63, 3.8) is 0 Å². The second-order valence-electron chi connectivity index (χ2n) is 2.88. The van der Waals surface area contributed by atoms with Gasteiger partial charge in [0.1, 0.15) is 0 Å². The fourth-order valence-electron chi connectivity index (χ4n) is 1.20. The van der Waals surface area contributed by atoms with Crippen molar-refractivity contribution in [3.8, 4) is 17.4 Å². The molecule has 0 aromatic carbocycles. The average molecular weight is 290 g/mol. The van der Waals surface area contributed by atoms with E-state index in [9.17, 15) is 0 Å². The molecule has 0 fully saturated rings. The van der Waals surface area contributed by atoms with Gasteiger partial charge in [-0.3, -0.25) is 0 Å². The molecular weight excluding hydrogens is 274 g/mol. The zero-order valence-electron chi connectivity index (χ0n) is 9.75. The first-order valence-electron chi connectivity index (χ1n) is 5.31. The van der Waals surface area contributed by atoms with Crippen LogP contribution >= 0.6 is 15.9 Å². The third-order valence-electron chi connectivity index (χ3n) is 1.76. The lowest BCUT2D eigenvalue weighted by Crippen LogP contribution is -2.02. The molecule has 4 nitrogen and oxygen atoms in total. The molecule has 0 saturated carbocycles. The molecular formula is C11H16BrNO3. The van der Waals surface area contributed by atoms with Crippen molar-refractivity contribution in [3.05, 3.63) is 10.7 Å². The van der Waals surface area contributed by atoms with Crippen molar-refractivity contribution in [2.75, 3.05) is 19.8 Å². The Kier molecular flexibility index (Phi) is 5.38. The topological polar surface area (TPSA) is 40.6 Å². The summed E-state index contributed by atoms with van der Waals surface area (Å²) < 4.78 is 16.9. The Labute approximate surface area is 104 Å². The van der Waals surface area contributed by atoms with E-state index in [1.165, 1.54) is 0 Å². The van der Waals surface area contributed by atoms with Crippen LogP contribution in [0.25, 0.3) is 0 Å². The lowest BCUT2D eigenvalue weighted by molar-refractivity contribution is 0.271. The van der Waals surface area contributed by atoms with Crippen LogP contribution in [0.15, 0.2) is 10.7 Å². The van der Waals surface area contributed by atoms with Crippen LogP contribution in [0.4, 0.5) is 0 Å². The first-order valence-corrected chi connectivity index (χ1v) is 6.11. The number of nitrogens with zero attached hydrogens (tertiary/aromatic N) is 1. The second-order valence-corrected chi connectivity index (χ2v) is 3.63. The predicted octanol–water partition coefficient (Wildman–Crippen LogP) is 3.04. The summed E-state index contributed by atoms with van der Waals surface area (Å²) in [6.07, 6.45) is 0. The van der Waals surface area contributed by atoms with Gasteiger partial charge in [-0.25, -0.2) is 0 Å². The summed E-state index contributed by atoms with van der Waals surface area (Å²) in [7, 11) is 0. The van der Waals surface area contributed by atoms with Crippen LogP contribution in [0.3, 0.4) is 0 Å². The van der Waals surface area contributed by atoms with Gasteiger partial charge >= 0.3 is 0 Å². The molecule has 0 N–H and O–H groups in total. The minimum absolute atomic E-state index is 0.486. The number of pyridine rings is 1. The summed E-state index contributed by atoms with van der Waals surface area (Å²) in [6, 6.07) is 1.79. The molecule has 1 aromatic rings. The van der Waals surface area contributed by atoms with Gasteiger partial charge in [-0.15, -0.1) is 0 Å². The van der Waals surface area contributed by atoms with Gasteiger partial charge in [0.15, 0.2) is 16.1 Å². The van der Waals surface area contributed by atoms with Gasteiger partial charge in [-0.2, -0.15) is 4.98 Å². The highest BCUT2D eigenvalue weighted by Gasteiger charge is 2.12. The Morgan fingerprint density at radius 2 is 1.56 bits per heavy atom. The molecule has 0 aliphatic rings. The molecule has 0 amide bonds. The summed E-state index contributed by atoms with van der Waals surface area (Å²) in [5.74, 6) is 1.75. The largest absolute Gasteiger partial charge is 0.491 e. The molecule has 1 aromatic heterocycles. The Morgan fingerprint density at radius 1 is 1.00 bits per heavy atom. The predicted molar refractivity (Wildman–Crippen MR) is 65.4 cm³/mol. The first kappa shape index (κ1) is 13.1. The first-order chi connectivity index (χ1) is 7.72. The normalized spacial score (nSPS) is 10.0. The van der Waals surface area contributed by atoms with E-state index in [1.54, 1.807) is 6.07 Å². The van der Waals surface area contributed by atoms with Crippen molar-refractivity contribution in [2.24, 2.45) is 0 Å². The summed E-state index contributed by atoms with van der Waals surface area (Å²) in [5, 5.41) is 0. The van der Waals surface area contributed by atoms with E-state index < -0.39 is 0 Å². The molecule has 0 aliphatic heterocycles. The summed E-state index contributed by atoms with van der Waals surface area (Å²) >= 11 is 3.33. The third kappa shape index (κ3) is 3.27. The van der Waals surface area contributed by atoms with Gasteiger partial charge in [0, 0.05) is 6.07 Å². The van der Waals surface area contributed by atoms with Gasteiger partial charge in [0.05, 0.1) is 19.8 Å². The highest BCUT2D eigenvalue weighted by Crippen LogP contribution is 2.34. The molecule has 1 rings (SSSR count). The molecule has 0 unspecified atom stereocenters. The molecule has 1 heterocycles. The molecule has 16 heavy (non-hydrogen) atoms. The fourth-order valence-corrected chi connectivity index (χ4v) is 1.59. The number of aromatic nitrogens is 1. The van der Waals surface area contributed by atoms with E-state index in [2.05, 4.69) is 20.9 Å². The van der Waals surface area contributed by atoms with Crippen molar-refractivity contribution >= 4 is 15.9 Å². The average Bonchev–Trinajstić information content (AvgIpc) is 2.25. The van der Waals surface area contributed by atoms with Crippen LogP contribution < -0.4 is 14.2 Å². The monoisotopic (exact) mass is 289 g/mol. The van der Waals surface area contributed by atoms with Crippen molar-refractivity contribution in [1.82, 2.24) is 4.98 Å². The molecule has 0 spiro atoms. The minimum atomic E-state index is 0.486.